The first-order valence-corrected chi connectivity index (χ1v) is 3.29. The van der Waals surface area contributed by atoms with E-state index in [0.29, 0.717) is 5.56 Å². The van der Waals surface area contributed by atoms with Gasteiger partial charge in [-0.3, -0.25) is 4.98 Å². The SMILES string of the molecule is Nc1[nH]c(=O)ncc1C=CCl. The second-order valence-corrected chi connectivity index (χ2v) is 2.10. The van der Waals surface area contributed by atoms with Crippen LogP contribution in [0.25, 0.3) is 6.08 Å². The van der Waals surface area contributed by atoms with Crippen molar-refractivity contribution in [2.75, 3.05) is 5.73 Å². The summed E-state index contributed by atoms with van der Waals surface area (Å²) in [5.41, 5.74) is 6.83. The molecule has 3 N–H and O–H groups in total. The smallest absolute Gasteiger partial charge is 0.346 e. The molecule has 0 aromatic carbocycles. The van der Waals surface area contributed by atoms with Gasteiger partial charge in [-0.15, -0.1) is 0 Å². The lowest BCUT2D eigenvalue weighted by Crippen LogP contribution is -2.12. The third-order valence-electron chi connectivity index (χ3n) is 1.12. The molecule has 4 nitrogen and oxygen atoms in total. The van der Waals surface area contributed by atoms with Crippen molar-refractivity contribution in [1.82, 2.24) is 9.97 Å². The highest BCUT2D eigenvalue weighted by atomic mass is 35.5. The van der Waals surface area contributed by atoms with Gasteiger partial charge in [-0.2, -0.15) is 0 Å². The third kappa shape index (κ3) is 1.81. The summed E-state index contributed by atoms with van der Waals surface area (Å²) in [6.45, 7) is 0. The lowest BCUT2D eigenvalue weighted by molar-refractivity contribution is 1.08. The zero-order chi connectivity index (χ0) is 8.27. The minimum absolute atomic E-state index is 0.266. The fourth-order valence-electron chi connectivity index (χ4n) is 0.618. The van der Waals surface area contributed by atoms with Gasteiger partial charge < -0.3 is 5.73 Å². The minimum atomic E-state index is -0.464. The van der Waals surface area contributed by atoms with Gasteiger partial charge in [0.1, 0.15) is 5.82 Å². The van der Waals surface area contributed by atoms with E-state index in [1.54, 1.807) is 6.08 Å². The number of nitrogens with two attached hydrogens (primary N) is 1. The number of rotatable bonds is 1. The van der Waals surface area contributed by atoms with E-state index in [2.05, 4.69) is 9.97 Å². The highest BCUT2D eigenvalue weighted by molar-refractivity contribution is 6.27. The van der Waals surface area contributed by atoms with Crippen molar-refractivity contribution in [3.63, 3.8) is 0 Å². The number of aromatic nitrogens is 2. The summed E-state index contributed by atoms with van der Waals surface area (Å²) < 4.78 is 0. The van der Waals surface area contributed by atoms with E-state index in [1.807, 2.05) is 0 Å². The van der Waals surface area contributed by atoms with E-state index < -0.39 is 5.69 Å². The van der Waals surface area contributed by atoms with Crippen LogP contribution in [0.1, 0.15) is 5.56 Å². The fourth-order valence-corrected chi connectivity index (χ4v) is 0.754. The van der Waals surface area contributed by atoms with Crippen LogP contribution in [0.15, 0.2) is 16.5 Å². The molecule has 0 aliphatic heterocycles. The molecular weight excluding hydrogens is 166 g/mol. The summed E-state index contributed by atoms with van der Waals surface area (Å²) in [5.74, 6) is 0.266. The van der Waals surface area contributed by atoms with E-state index in [-0.39, 0.29) is 5.82 Å². The van der Waals surface area contributed by atoms with Crippen LogP contribution in [0.5, 0.6) is 0 Å². The average Bonchev–Trinajstić information content (AvgIpc) is 1.95. The third-order valence-corrected chi connectivity index (χ3v) is 1.24. The Morgan fingerprint density at radius 3 is 3.00 bits per heavy atom. The van der Waals surface area contributed by atoms with Gasteiger partial charge in [0.25, 0.3) is 0 Å². The monoisotopic (exact) mass is 171 g/mol. The van der Waals surface area contributed by atoms with Crippen molar-refractivity contribution < 1.29 is 0 Å². The molecule has 0 spiro atoms. The van der Waals surface area contributed by atoms with Gasteiger partial charge in [0.05, 0.1) is 0 Å². The number of halogens is 1. The van der Waals surface area contributed by atoms with E-state index in [0.717, 1.165) is 0 Å². The second kappa shape index (κ2) is 3.21. The van der Waals surface area contributed by atoms with Crippen molar-refractivity contribution in [2.45, 2.75) is 0 Å². The second-order valence-electron chi connectivity index (χ2n) is 1.85. The molecule has 0 radical (unpaired) electrons. The van der Waals surface area contributed by atoms with Gasteiger partial charge >= 0.3 is 5.69 Å². The molecular formula is C6H6ClN3O. The number of H-pyrrole nitrogens is 1. The Labute approximate surface area is 67.7 Å². The first-order valence-electron chi connectivity index (χ1n) is 2.85. The summed E-state index contributed by atoms with van der Waals surface area (Å²) in [5, 5.41) is 0. The van der Waals surface area contributed by atoms with Crippen LogP contribution in [-0.2, 0) is 0 Å². The van der Waals surface area contributed by atoms with Crippen LogP contribution in [0.3, 0.4) is 0 Å². The Morgan fingerprint density at radius 2 is 2.45 bits per heavy atom. The molecule has 0 saturated carbocycles. The molecule has 1 aromatic rings. The molecule has 0 aliphatic rings. The molecule has 0 amide bonds. The Hall–Kier alpha value is -1.29. The normalized spacial score (nSPS) is 10.6. The molecule has 11 heavy (non-hydrogen) atoms. The van der Waals surface area contributed by atoms with Gasteiger partial charge in [0.2, 0.25) is 0 Å². The average molecular weight is 172 g/mol. The first-order chi connectivity index (χ1) is 5.24. The van der Waals surface area contributed by atoms with Gasteiger partial charge in [0, 0.05) is 17.3 Å². The zero-order valence-corrected chi connectivity index (χ0v) is 6.30. The Morgan fingerprint density at radius 1 is 1.73 bits per heavy atom. The Bertz CT molecular complexity index is 331. The minimum Gasteiger partial charge on any atom is -0.385 e. The molecule has 0 bridgehead atoms. The highest BCUT2D eigenvalue weighted by Crippen LogP contribution is 2.05. The molecule has 0 saturated heterocycles. The van der Waals surface area contributed by atoms with Gasteiger partial charge in [0.15, 0.2) is 0 Å². The predicted octanol–water partition coefficient (Wildman–Crippen LogP) is 0.562. The topological polar surface area (TPSA) is 71.8 Å². The number of nitrogens with one attached hydrogen (secondary N) is 1. The summed E-state index contributed by atoms with van der Waals surface area (Å²) in [7, 11) is 0. The maximum atomic E-state index is 10.5. The molecule has 1 aromatic heterocycles. The van der Waals surface area contributed by atoms with Crippen molar-refractivity contribution >= 4 is 23.5 Å². The van der Waals surface area contributed by atoms with Gasteiger partial charge in [-0.05, 0) is 6.08 Å². The van der Waals surface area contributed by atoms with Crippen molar-refractivity contribution in [3.05, 3.63) is 27.8 Å². The maximum absolute atomic E-state index is 10.5. The van der Waals surface area contributed by atoms with Crippen LogP contribution in [0, 0.1) is 0 Å². The molecule has 58 valence electrons. The van der Waals surface area contributed by atoms with Crippen LogP contribution >= 0.6 is 11.6 Å². The molecule has 1 rings (SSSR count). The summed E-state index contributed by atoms with van der Waals surface area (Å²) in [6, 6.07) is 0. The molecule has 0 fully saturated rings. The van der Waals surface area contributed by atoms with Gasteiger partial charge in [-0.25, -0.2) is 9.78 Å². The summed E-state index contributed by atoms with van der Waals surface area (Å²) in [4.78, 5) is 16.3. The maximum Gasteiger partial charge on any atom is 0.346 e. The summed E-state index contributed by atoms with van der Waals surface area (Å²) >= 11 is 5.29. The predicted molar refractivity (Wildman–Crippen MR) is 44.2 cm³/mol. The van der Waals surface area contributed by atoms with Crippen LogP contribution in [0.2, 0.25) is 0 Å². The Kier molecular flexibility index (Phi) is 2.28. The van der Waals surface area contributed by atoms with Gasteiger partial charge in [-0.1, -0.05) is 11.6 Å². The fraction of sp³-hybridized carbons (Fsp3) is 0. The van der Waals surface area contributed by atoms with E-state index in [4.69, 9.17) is 17.3 Å². The zero-order valence-electron chi connectivity index (χ0n) is 5.54. The quantitative estimate of drug-likeness (QED) is 0.649. The van der Waals surface area contributed by atoms with E-state index in [1.165, 1.54) is 11.7 Å². The van der Waals surface area contributed by atoms with Crippen molar-refractivity contribution in [2.24, 2.45) is 0 Å². The number of nitrogens with zero attached hydrogens (tertiary/aromatic N) is 1. The Balaban J connectivity index is 3.19. The number of anilines is 1. The number of hydrogen-bond acceptors (Lipinski definition) is 3. The molecule has 0 atom stereocenters. The first kappa shape index (κ1) is 7.81. The molecule has 1 heterocycles. The van der Waals surface area contributed by atoms with Crippen LogP contribution in [0.4, 0.5) is 5.82 Å². The highest BCUT2D eigenvalue weighted by Gasteiger charge is 1.94. The summed E-state index contributed by atoms with van der Waals surface area (Å²) in [6.07, 6.45) is 2.90. The number of hydrogen-bond donors (Lipinski definition) is 2. The lowest BCUT2D eigenvalue weighted by atomic mass is 10.3. The van der Waals surface area contributed by atoms with Crippen molar-refractivity contribution in [3.8, 4) is 0 Å². The van der Waals surface area contributed by atoms with E-state index in [9.17, 15) is 4.79 Å². The van der Waals surface area contributed by atoms with Crippen molar-refractivity contribution in [1.29, 1.82) is 0 Å². The number of nitrogen functional groups attached to an aromatic ring is 1. The largest absolute Gasteiger partial charge is 0.385 e. The molecule has 0 aliphatic carbocycles. The standard InChI is InChI=1S/C6H6ClN3O/c7-2-1-4-3-9-6(11)10-5(4)8/h1-3H,(H3,8,9,10,11). The van der Waals surface area contributed by atoms with Crippen LogP contribution < -0.4 is 11.4 Å². The molecule has 5 heteroatoms. The van der Waals surface area contributed by atoms with E-state index >= 15 is 0 Å². The lowest BCUT2D eigenvalue weighted by Gasteiger charge is -1.95. The molecule has 0 unspecified atom stereocenters. The number of aromatic amines is 1. The van der Waals surface area contributed by atoms with Crippen LogP contribution in [-0.4, -0.2) is 9.97 Å².